The molecule has 0 aliphatic rings. The molecule has 3 aromatic carbocycles. The molecule has 0 spiro atoms. The normalized spacial score (nSPS) is 11.2. The Morgan fingerprint density at radius 3 is 1.97 bits per heavy atom. The predicted octanol–water partition coefficient (Wildman–Crippen LogP) is 5.16. The summed E-state index contributed by atoms with van der Waals surface area (Å²) in [5.41, 5.74) is 0.624. The van der Waals surface area contributed by atoms with Crippen molar-refractivity contribution in [3.63, 3.8) is 0 Å². The van der Waals surface area contributed by atoms with Gasteiger partial charge in [-0.15, -0.1) is 0 Å². The summed E-state index contributed by atoms with van der Waals surface area (Å²) in [6, 6.07) is 23.0. The molecule has 31 heavy (non-hydrogen) atoms. The highest BCUT2D eigenvalue weighted by molar-refractivity contribution is 6.42. The number of hydrogen-bond donors (Lipinski definition) is 2. The van der Waals surface area contributed by atoms with Crippen LogP contribution < -0.4 is 5.32 Å². The van der Waals surface area contributed by atoms with Gasteiger partial charge in [0.05, 0.1) is 23.1 Å². The van der Waals surface area contributed by atoms with Crippen LogP contribution in [0.15, 0.2) is 78.9 Å². The number of ether oxygens (including phenoxy) is 1. The van der Waals surface area contributed by atoms with E-state index in [2.05, 4.69) is 5.32 Å². The average molecular weight is 458 g/mol. The van der Waals surface area contributed by atoms with Gasteiger partial charge in [-0.25, -0.2) is 0 Å². The topological polar surface area (TPSA) is 75.6 Å². The van der Waals surface area contributed by atoms with Gasteiger partial charge in [0, 0.05) is 12.1 Å². The summed E-state index contributed by atoms with van der Waals surface area (Å²) in [5, 5.41) is 13.1. The van der Waals surface area contributed by atoms with Gasteiger partial charge in [0.2, 0.25) is 0 Å². The van der Waals surface area contributed by atoms with E-state index in [1.807, 2.05) is 60.7 Å². The van der Waals surface area contributed by atoms with Gasteiger partial charge >= 0.3 is 5.97 Å². The number of carboxylic acids is 1. The molecule has 160 valence electrons. The Hall–Kier alpha value is -2.86. The highest BCUT2D eigenvalue weighted by Crippen LogP contribution is 2.37. The zero-order valence-electron chi connectivity index (χ0n) is 16.6. The summed E-state index contributed by atoms with van der Waals surface area (Å²) in [6.07, 6.45) is -0.262. The molecule has 0 heterocycles. The largest absolute Gasteiger partial charge is 0.481 e. The van der Waals surface area contributed by atoms with Crippen LogP contribution >= 0.6 is 23.2 Å². The molecule has 0 saturated carbocycles. The number of halogens is 2. The Balaban J connectivity index is 1.78. The van der Waals surface area contributed by atoms with E-state index in [9.17, 15) is 14.7 Å². The van der Waals surface area contributed by atoms with E-state index in [0.717, 1.165) is 11.1 Å². The van der Waals surface area contributed by atoms with E-state index < -0.39 is 11.6 Å². The molecular formula is C24H21Cl2NO4. The third-order valence-electron chi connectivity index (χ3n) is 4.80. The van der Waals surface area contributed by atoms with E-state index in [4.69, 9.17) is 27.9 Å². The van der Waals surface area contributed by atoms with Crippen LogP contribution in [0.3, 0.4) is 0 Å². The van der Waals surface area contributed by atoms with E-state index in [1.54, 1.807) is 12.1 Å². The Kier molecular flexibility index (Phi) is 7.69. The summed E-state index contributed by atoms with van der Waals surface area (Å²) in [5.74, 6) is -1.32. The Bertz CT molecular complexity index is 1000. The molecule has 5 nitrogen and oxygen atoms in total. The van der Waals surface area contributed by atoms with Crippen molar-refractivity contribution in [1.29, 1.82) is 0 Å². The summed E-state index contributed by atoms with van der Waals surface area (Å²) in [6.45, 7) is 0.282. The monoisotopic (exact) mass is 457 g/mol. The summed E-state index contributed by atoms with van der Waals surface area (Å²) in [4.78, 5) is 24.2. The first-order valence-electron chi connectivity index (χ1n) is 9.62. The number of benzene rings is 3. The Labute approximate surface area is 190 Å². The Morgan fingerprint density at radius 1 is 0.871 bits per heavy atom. The van der Waals surface area contributed by atoms with Crippen LogP contribution in [0.2, 0.25) is 10.0 Å². The van der Waals surface area contributed by atoms with Gasteiger partial charge in [-0.3, -0.25) is 9.59 Å². The van der Waals surface area contributed by atoms with Crippen molar-refractivity contribution in [1.82, 2.24) is 5.32 Å². The molecule has 0 aliphatic carbocycles. The molecule has 0 aliphatic heterocycles. The van der Waals surface area contributed by atoms with Gasteiger partial charge in [0.1, 0.15) is 5.60 Å². The number of rotatable bonds is 9. The minimum absolute atomic E-state index is 0.101. The standard InChI is InChI=1S/C24H21Cl2NO4/c25-20-12-11-17(15-21(20)26)23(30)27-13-14-31-24(16-22(28)29,18-7-3-1-4-8-18)19-9-5-2-6-10-19/h1-12,15H,13-14,16H2,(H,27,30)(H,28,29). The van der Waals surface area contributed by atoms with Gasteiger partial charge in [-0.2, -0.15) is 0 Å². The minimum atomic E-state index is -1.19. The third-order valence-corrected chi connectivity index (χ3v) is 5.54. The quantitative estimate of drug-likeness (QED) is 0.435. The zero-order chi connectivity index (χ0) is 22.3. The van der Waals surface area contributed by atoms with Crippen LogP contribution in [0.5, 0.6) is 0 Å². The second kappa shape index (κ2) is 10.4. The lowest BCUT2D eigenvalue weighted by Gasteiger charge is -2.34. The molecule has 2 N–H and O–H groups in total. The smallest absolute Gasteiger partial charge is 0.307 e. The van der Waals surface area contributed by atoms with Crippen molar-refractivity contribution >= 4 is 35.1 Å². The van der Waals surface area contributed by atoms with Gasteiger partial charge in [0.15, 0.2) is 0 Å². The van der Waals surface area contributed by atoms with E-state index in [1.165, 1.54) is 6.07 Å². The van der Waals surface area contributed by atoms with Crippen LogP contribution in [0, 0.1) is 0 Å². The predicted molar refractivity (Wildman–Crippen MR) is 121 cm³/mol. The van der Waals surface area contributed by atoms with E-state index in [-0.39, 0.29) is 25.5 Å². The first kappa shape index (κ1) is 22.8. The molecule has 0 aromatic heterocycles. The van der Waals surface area contributed by atoms with Crippen molar-refractivity contribution < 1.29 is 19.4 Å². The Morgan fingerprint density at radius 2 is 1.45 bits per heavy atom. The maximum Gasteiger partial charge on any atom is 0.307 e. The van der Waals surface area contributed by atoms with Crippen molar-refractivity contribution in [3.8, 4) is 0 Å². The average Bonchev–Trinajstić information content (AvgIpc) is 2.78. The van der Waals surface area contributed by atoms with Crippen molar-refractivity contribution in [2.75, 3.05) is 13.2 Å². The molecular weight excluding hydrogens is 437 g/mol. The number of amides is 1. The molecule has 0 radical (unpaired) electrons. The lowest BCUT2D eigenvalue weighted by Crippen LogP contribution is -2.37. The summed E-state index contributed by atoms with van der Waals surface area (Å²) in [7, 11) is 0. The number of carbonyl (C=O) groups is 2. The maximum absolute atomic E-state index is 12.4. The van der Waals surface area contributed by atoms with E-state index in [0.29, 0.717) is 15.6 Å². The lowest BCUT2D eigenvalue weighted by atomic mass is 9.83. The summed E-state index contributed by atoms with van der Waals surface area (Å²) < 4.78 is 6.20. The fourth-order valence-electron chi connectivity index (χ4n) is 3.35. The second-order valence-electron chi connectivity index (χ2n) is 6.86. The van der Waals surface area contributed by atoms with Crippen LogP contribution in [-0.2, 0) is 15.1 Å². The zero-order valence-corrected chi connectivity index (χ0v) is 18.1. The highest BCUT2D eigenvalue weighted by Gasteiger charge is 2.37. The van der Waals surface area contributed by atoms with Crippen molar-refractivity contribution in [2.45, 2.75) is 12.0 Å². The molecule has 3 rings (SSSR count). The highest BCUT2D eigenvalue weighted by atomic mass is 35.5. The van der Waals surface area contributed by atoms with Crippen LogP contribution in [0.1, 0.15) is 27.9 Å². The second-order valence-corrected chi connectivity index (χ2v) is 7.68. The van der Waals surface area contributed by atoms with Crippen LogP contribution in [0.25, 0.3) is 0 Å². The molecule has 0 atom stereocenters. The SMILES string of the molecule is O=C(O)CC(OCCNC(=O)c1ccc(Cl)c(Cl)c1)(c1ccccc1)c1ccccc1. The maximum atomic E-state index is 12.4. The van der Waals surface area contributed by atoms with Gasteiger partial charge < -0.3 is 15.2 Å². The fourth-order valence-corrected chi connectivity index (χ4v) is 3.64. The summed E-state index contributed by atoms with van der Waals surface area (Å²) >= 11 is 11.9. The molecule has 0 unspecified atom stereocenters. The third kappa shape index (κ3) is 5.64. The number of carbonyl (C=O) groups excluding carboxylic acids is 1. The van der Waals surface area contributed by atoms with Gasteiger partial charge in [0.25, 0.3) is 5.91 Å². The number of nitrogens with one attached hydrogen (secondary N) is 1. The molecule has 0 saturated heterocycles. The first-order valence-corrected chi connectivity index (χ1v) is 10.4. The molecule has 0 bridgehead atoms. The fraction of sp³-hybridized carbons (Fsp3) is 0.167. The first-order chi connectivity index (χ1) is 14.9. The van der Waals surface area contributed by atoms with E-state index >= 15 is 0 Å². The van der Waals surface area contributed by atoms with Crippen molar-refractivity contribution in [3.05, 3.63) is 106 Å². The van der Waals surface area contributed by atoms with Gasteiger partial charge in [-0.1, -0.05) is 83.9 Å². The number of hydrogen-bond acceptors (Lipinski definition) is 3. The van der Waals surface area contributed by atoms with Crippen LogP contribution in [-0.4, -0.2) is 30.1 Å². The lowest BCUT2D eigenvalue weighted by molar-refractivity contribution is -0.144. The van der Waals surface area contributed by atoms with Crippen LogP contribution in [0.4, 0.5) is 0 Å². The van der Waals surface area contributed by atoms with Gasteiger partial charge in [-0.05, 0) is 29.3 Å². The number of carboxylic acid groups (broad SMARTS) is 1. The van der Waals surface area contributed by atoms with Crippen molar-refractivity contribution in [2.24, 2.45) is 0 Å². The minimum Gasteiger partial charge on any atom is -0.481 e. The molecule has 1 amide bonds. The number of aliphatic carboxylic acids is 1. The molecule has 7 heteroatoms. The molecule has 0 fully saturated rings. The molecule has 3 aromatic rings.